The molecule has 2 saturated carbocycles. The van der Waals surface area contributed by atoms with E-state index in [1.165, 1.54) is 6.07 Å². The Hall–Kier alpha value is -2.47. The van der Waals surface area contributed by atoms with E-state index in [0.717, 1.165) is 51.4 Å². The zero-order chi connectivity index (χ0) is 25.7. The number of hydrogen-bond acceptors (Lipinski definition) is 3. The lowest BCUT2D eigenvalue weighted by molar-refractivity contribution is 0.0963. The monoisotopic (exact) mass is 502 g/mol. The molecule has 0 aromatic heterocycles. The smallest absolute Gasteiger partial charge is 0.168 e. The predicted molar refractivity (Wildman–Crippen MR) is 135 cm³/mol. The Bertz CT molecular complexity index is 1020. The van der Waals surface area contributed by atoms with Gasteiger partial charge in [0.1, 0.15) is 12.4 Å². The average molecular weight is 503 g/mol. The van der Waals surface area contributed by atoms with Crippen LogP contribution in [0.25, 0.3) is 0 Å². The van der Waals surface area contributed by atoms with Crippen molar-refractivity contribution >= 4 is 0 Å². The molecule has 0 spiro atoms. The molecule has 1 unspecified atom stereocenters. The van der Waals surface area contributed by atoms with Gasteiger partial charge < -0.3 is 14.6 Å². The van der Waals surface area contributed by atoms with Gasteiger partial charge in [-0.25, -0.2) is 13.2 Å². The zero-order valence-electron chi connectivity index (χ0n) is 21.0. The third-order valence-electron chi connectivity index (χ3n) is 8.07. The van der Waals surface area contributed by atoms with Gasteiger partial charge in [-0.1, -0.05) is 24.8 Å². The van der Waals surface area contributed by atoms with E-state index in [1.807, 2.05) is 0 Å². The maximum Gasteiger partial charge on any atom is 0.168 e. The molecule has 0 saturated heterocycles. The van der Waals surface area contributed by atoms with Crippen molar-refractivity contribution in [1.29, 1.82) is 0 Å². The molecule has 2 fully saturated rings. The number of hydrogen-bond donors (Lipinski definition) is 1. The first-order valence-corrected chi connectivity index (χ1v) is 13.2. The third kappa shape index (κ3) is 6.26. The van der Waals surface area contributed by atoms with Crippen LogP contribution in [0.4, 0.5) is 13.2 Å². The fraction of sp³-hybridized carbons (Fsp3) is 0.533. The van der Waals surface area contributed by atoms with E-state index in [-0.39, 0.29) is 42.1 Å². The summed E-state index contributed by atoms with van der Waals surface area (Å²) in [5, 5.41) is 9.81. The fourth-order valence-corrected chi connectivity index (χ4v) is 5.81. The molecule has 6 heteroatoms. The van der Waals surface area contributed by atoms with Crippen LogP contribution in [0.1, 0.15) is 81.3 Å². The molecule has 36 heavy (non-hydrogen) atoms. The van der Waals surface area contributed by atoms with Crippen molar-refractivity contribution in [3.05, 3.63) is 71.6 Å². The van der Waals surface area contributed by atoms with E-state index < -0.39 is 17.5 Å². The summed E-state index contributed by atoms with van der Waals surface area (Å²) in [4.78, 5) is 0. The highest BCUT2D eigenvalue weighted by molar-refractivity contribution is 5.34. The Morgan fingerprint density at radius 1 is 0.889 bits per heavy atom. The lowest BCUT2D eigenvalue weighted by Gasteiger charge is -2.32. The normalized spacial score (nSPS) is 25.2. The second-order valence-corrected chi connectivity index (χ2v) is 10.4. The van der Waals surface area contributed by atoms with Crippen molar-refractivity contribution in [2.45, 2.75) is 76.2 Å². The summed E-state index contributed by atoms with van der Waals surface area (Å²) in [6.07, 6.45) is 7.69. The number of halogens is 3. The van der Waals surface area contributed by atoms with Gasteiger partial charge in [0, 0.05) is 6.07 Å². The van der Waals surface area contributed by atoms with Crippen molar-refractivity contribution in [1.82, 2.24) is 0 Å². The highest BCUT2D eigenvalue weighted by atomic mass is 19.2. The van der Waals surface area contributed by atoms with Crippen LogP contribution in [0.2, 0.25) is 0 Å². The summed E-state index contributed by atoms with van der Waals surface area (Å²) >= 11 is 0. The minimum Gasteiger partial charge on any atom is -0.493 e. The minimum atomic E-state index is -0.695. The van der Waals surface area contributed by atoms with Crippen LogP contribution in [-0.4, -0.2) is 24.4 Å². The van der Waals surface area contributed by atoms with E-state index >= 15 is 8.78 Å². The zero-order valence-corrected chi connectivity index (χ0v) is 21.0. The summed E-state index contributed by atoms with van der Waals surface area (Å²) in [7, 11) is 0. The molecule has 0 radical (unpaired) electrons. The second-order valence-electron chi connectivity index (χ2n) is 10.4. The topological polar surface area (TPSA) is 38.7 Å². The molecule has 0 heterocycles. The first-order chi connectivity index (χ1) is 17.4. The van der Waals surface area contributed by atoms with Crippen LogP contribution in [0.3, 0.4) is 0 Å². The molecule has 4 rings (SSSR count). The summed E-state index contributed by atoms with van der Waals surface area (Å²) in [6.45, 7) is 6.05. The van der Waals surface area contributed by atoms with Crippen molar-refractivity contribution in [2.24, 2.45) is 11.8 Å². The molecular formula is C30H37F3O3. The predicted octanol–water partition coefficient (Wildman–Crippen LogP) is 7.68. The summed E-state index contributed by atoms with van der Waals surface area (Å²) in [5.41, 5.74) is 0.959. The van der Waals surface area contributed by atoms with E-state index in [2.05, 4.69) is 6.58 Å². The lowest BCUT2D eigenvalue weighted by atomic mass is 9.75. The summed E-state index contributed by atoms with van der Waals surface area (Å²) in [5.74, 6) is -0.699. The van der Waals surface area contributed by atoms with Crippen LogP contribution in [0, 0.1) is 29.3 Å². The van der Waals surface area contributed by atoms with Gasteiger partial charge in [-0.15, -0.1) is 0 Å². The van der Waals surface area contributed by atoms with Crippen molar-refractivity contribution in [2.75, 3.05) is 13.2 Å². The molecule has 0 amide bonds. The Kier molecular flexibility index (Phi) is 9.00. The fourth-order valence-electron chi connectivity index (χ4n) is 5.81. The molecule has 2 aromatic carbocycles. The van der Waals surface area contributed by atoms with Crippen molar-refractivity contribution < 1.29 is 27.8 Å². The molecule has 3 nitrogen and oxygen atoms in total. The maximum absolute atomic E-state index is 15.1. The Morgan fingerprint density at radius 2 is 1.47 bits per heavy atom. The first kappa shape index (κ1) is 26.6. The second kappa shape index (κ2) is 12.2. The Labute approximate surface area is 212 Å². The van der Waals surface area contributed by atoms with Crippen LogP contribution >= 0.6 is 0 Å². The average Bonchev–Trinajstić information content (AvgIpc) is 2.89. The summed E-state index contributed by atoms with van der Waals surface area (Å²) in [6, 6.07) is 8.12. The van der Waals surface area contributed by atoms with E-state index in [4.69, 9.17) is 9.47 Å². The van der Waals surface area contributed by atoms with Gasteiger partial charge in [-0.2, -0.15) is 0 Å². The van der Waals surface area contributed by atoms with Crippen molar-refractivity contribution in [3.63, 3.8) is 0 Å². The highest BCUT2D eigenvalue weighted by Gasteiger charge is 2.30. The molecule has 0 bridgehead atoms. The van der Waals surface area contributed by atoms with Crippen molar-refractivity contribution in [3.8, 4) is 11.5 Å². The van der Waals surface area contributed by atoms with Crippen LogP contribution in [0.15, 0.2) is 43.0 Å². The SMILES string of the molecule is C=CCOc1ccc(OCC2CCC(c3ccc(C4CCC(C(C)O)CC4)c(F)c3F)CC2)cc1F. The molecule has 1 atom stereocenters. The number of benzene rings is 2. The quantitative estimate of drug-likeness (QED) is 0.358. The molecule has 2 aliphatic carbocycles. The Balaban J connectivity index is 1.29. The molecule has 2 aromatic rings. The number of aliphatic hydroxyl groups is 1. The molecule has 196 valence electrons. The maximum atomic E-state index is 15.1. The lowest BCUT2D eigenvalue weighted by Crippen LogP contribution is -2.23. The molecule has 1 N–H and O–H groups in total. The van der Waals surface area contributed by atoms with E-state index in [9.17, 15) is 9.50 Å². The van der Waals surface area contributed by atoms with Crippen LogP contribution in [0.5, 0.6) is 11.5 Å². The number of aliphatic hydroxyl groups excluding tert-OH is 1. The standard InChI is InChI=1S/C30H37F3O3/c1-3-16-35-28-15-12-24(17-27(28)31)36-18-20-4-6-22(7-5-20)25-13-14-26(30(33)29(25)32)23-10-8-21(9-11-23)19(2)34/h3,12-15,17,19-23,34H,1,4-11,16,18H2,2H3. The van der Waals surface area contributed by atoms with Gasteiger partial charge in [0.25, 0.3) is 0 Å². The van der Waals surface area contributed by atoms with Gasteiger partial charge in [-0.05, 0) is 105 Å². The first-order valence-electron chi connectivity index (χ1n) is 13.2. The van der Waals surface area contributed by atoms with Gasteiger partial charge >= 0.3 is 0 Å². The number of ether oxygens (including phenoxy) is 2. The summed E-state index contributed by atoms with van der Waals surface area (Å²) < 4.78 is 55.4. The van der Waals surface area contributed by atoms with Gasteiger partial charge in [-0.3, -0.25) is 0 Å². The van der Waals surface area contributed by atoms with Crippen LogP contribution in [-0.2, 0) is 0 Å². The Morgan fingerprint density at radius 3 is 2.00 bits per heavy atom. The minimum absolute atomic E-state index is 0.00508. The molecular weight excluding hydrogens is 465 g/mol. The van der Waals surface area contributed by atoms with E-state index in [1.54, 1.807) is 37.3 Å². The van der Waals surface area contributed by atoms with Gasteiger partial charge in [0.05, 0.1) is 12.7 Å². The largest absolute Gasteiger partial charge is 0.493 e. The van der Waals surface area contributed by atoms with Gasteiger partial charge in [0.15, 0.2) is 23.2 Å². The number of rotatable bonds is 9. The third-order valence-corrected chi connectivity index (χ3v) is 8.07. The van der Waals surface area contributed by atoms with Gasteiger partial charge in [0.2, 0.25) is 0 Å². The van der Waals surface area contributed by atoms with Crippen LogP contribution < -0.4 is 9.47 Å². The molecule has 2 aliphatic rings. The molecule has 0 aliphatic heterocycles. The highest BCUT2D eigenvalue weighted by Crippen LogP contribution is 2.42. The van der Waals surface area contributed by atoms with E-state index in [0.29, 0.717) is 23.5 Å².